The van der Waals surface area contributed by atoms with Crippen LogP contribution >= 0.6 is 24.0 Å². The molecule has 2 fully saturated rings. The van der Waals surface area contributed by atoms with Crippen LogP contribution in [0.5, 0.6) is 0 Å². The quantitative estimate of drug-likeness (QED) is 0.276. The van der Waals surface area contributed by atoms with E-state index in [0.29, 0.717) is 19.1 Å². The molecule has 2 saturated heterocycles. The van der Waals surface area contributed by atoms with Crippen LogP contribution in [0.2, 0.25) is 0 Å². The molecule has 3 rings (SSSR count). The highest BCUT2D eigenvalue weighted by Gasteiger charge is 2.26. The summed E-state index contributed by atoms with van der Waals surface area (Å²) in [5, 5.41) is 7.03. The summed E-state index contributed by atoms with van der Waals surface area (Å²) in [6, 6.07) is 4.49. The molecule has 8 nitrogen and oxygen atoms in total. The van der Waals surface area contributed by atoms with Crippen LogP contribution in [0.4, 0.5) is 5.82 Å². The molecule has 0 spiro atoms. The number of aliphatic imine (C=N–C) groups is 1. The smallest absolute Gasteiger partial charge is 0.222 e. The summed E-state index contributed by atoms with van der Waals surface area (Å²) in [5.41, 5.74) is 6.65. The minimum absolute atomic E-state index is 0. The minimum Gasteiger partial charge on any atom is -0.369 e. The molecule has 0 aromatic carbocycles. The number of nitrogens with one attached hydrogen (secondary N) is 2. The number of aromatic nitrogens is 1. The Morgan fingerprint density at radius 2 is 2.06 bits per heavy atom. The molecule has 1 unspecified atom stereocenters. The van der Waals surface area contributed by atoms with Gasteiger partial charge in [0.05, 0.1) is 5.92 Å². The summed E-state index contributed by atoms with van der Waals surface area (Å²) in [6.07, 6.45) is 7.12. The number of rotatable bonds is 7. The van der Waals surface area contributed by atoms with E-state index in [1.165, 1.54) is 13.0 Å². The Balaban J connectivity index is 0.00000341. The van der Waals surface area contributed by atoms with E-state index >= 15 is 0 Å². The number of likely N-dealkylation sites (tertiary alicyclic amines) is 1. The van der Waals surface area contributed by atoms with Crippen LogP contribution in [0, 0.1) is 5.92 Å². The standard InChI is InChI=1S/C22H37N7O.HI/c1-3-11-28-13-8-19(9-14-28)27-22(24-2)26-15-17-6-4-10-25-21(17)29-12-5-7-18(16-29)20(23)30;/h4,6,10,18-19H,3,5,7-9,11-16H2,1-2H3,(H2,23,30)(H2,24,26,27);1H. The molecule has 3 heterocycles. The molecular formula is C22H38IN7O. The number of hydrogen-bond acceptors (Lipinski definition) is 5. The summed E-state index contributed by atoms with van der Waals surface area (Å²) in [7, 11) is 1.81. The predicted molar refractivity (Wildman–Crippen MR) is 137 cm³/mol. The van der Waals surface area contributed by atoms with Crippen LogP contribution in [0.25, 0.3) is 0 Å². The number of anilines is 1. The topological polar surface area (TPSA) is 98.9 Å². The number of hydrogen-bond donors (Lipinski definition) is 3. The molecule has 2 aliphatic rings. The minimum atomic E-state index is -0.218. The molecule has 0 aliphatic carbocycles. The Labute approximate surface area is 203 Å². The fraction of sp³-hybridized carbons (Fsp3) is 0.682. The highest BCUT2D eigenvalue weighted by atomic mass is 127. The van der Waals surface area contributed by atoms with Crippen molar-refractivity contribution in [1.82, 2.24) is 20.5 Å². The van der Waals surface area contributed by atoms with E-state index < -0.39 is 0 Å². The number of pyridine rings is 1. The monoisotopic (exact) mass is 543 g/mol. The third kappa shape index (κ3) is 7.48. The van der Waals surface area contributed by atoms with Crippen molar-refractivity contribution in [3.8, 4) is 0 Å². The lowest BCUT2D eigenvalue weighted by atomic mass is 9.97. The number of nitrogens with zero attached hydrogens (tertiary/aromatic N) is 4. The van der Waals surface area contributed by atoms with Gasteiger partial charge in [0.1, 0.15) is 5.82 Å². The van der Waals surface area contributed by atoms with Gasteiger partial charge in [0.25, 0.3) is 0 Å². The van der Waals surface area contributed by atoms with Gasteiger partial charge in [-0.3, -0.25) is 9.79 Å². The third-order valence-corrected chi connectivity index (χ3v) is 6.13. The summed E-state index contributed by atoms with van der Waals surface area (Å²) in [6.45, 7) is 7.89. The van der Waals surface area contributed by atoms with Crippen molar-refractivity contribution in [3.05, 3.63) is 23.9 Å². The zero-order valence-electron chi connectivity index (χ0n) is 18.8. The second-order valence-corrected chi connectivity index (χ2v) is 8.36. The molecule has 2 aliphatic heterocycles. The Hall–Kier alpha value is -1.62. The summed E-state index contributed by atoms with van der Waals surface area (Å²) in [5.74, 6) is 1.44. The molecule has 4 N–H and O–H groups in total. The van der Waals surface area contributed by atoms with Crippen LogP contribution in [-0.2, 0) is 11.3 Å². The molecule has 9 heteroatoms. The molecule has 1 amide bonds. The van der Waals surface area contributed by atoms with Gasteiger partial charge in [0.2, 0.25) is 5.91 Å². The number of guanidine groups is 1. The van der Waals surface area contributed by atoms with Gasteiger partial charge in [-0.15, -0.1) is 24.0 Å². The van der Waals surface area contributed by atoms with Crippen LogP contribution in [0.1, 0.15) is 44.6 Å². The fourth-order valence-corrected chi connectivity index (χ4v) is 4.44. The highest BCUT2D eigenvalue weighted by Crippen LogP contribution is 2.24. The van der Waals surface area contributed by atoms with Crippen LogP contribution in [0.3, 0.4) is 0 Å². The molecule has 1 atom stereocenters. The first-order chi connectivity index (χ1) is 14.6. The molecule has 1 aromatic rings. The van der Waals surface area contributed by atoms with Gasteiger partial charge in [0, 0.05) is 57.6 Å². The zero-order chi connectivity index (χ0) is 21.3. The third-order valence-electron chi connectivity index (χ3n) is 6.13. The molecule has 1 aromatic heterocycles. The Morgan fingerprint density at radius 1 is 1.29 bits per heavy atom. The van der Waals surface area contributed by atoms with Gasteiger partial charge in [-0.05, 0) is 44.7 Å². The van der Waals surface area contributed by atoms with Crippen molar-refractivity contribution in [3.63, 3.8) is 0 Å². The maximum absolute atomic E-state index is 11.7. The van der Waals surface area contributed by atoms with Crippen LogP contribution < -0.4 is 21.3 Å². The van der Waals surface area contributed by atoms with Gasteiger partial charge in [-0.25, -0.2) is 4.98 Å². The van der Waals surface area contributed by atoms with Crippen molar-refractivity contribution in [2.75, 3.05) is 44.7 Å². The zero-order valence-corrected chi connectivity index (χ0v) is 21.2. The molecule has 31 heavy (non-hydrogen) atoms. The lowest BCUT2D eigenvalue weighted by molar-refractivity contribution is -0.122. The number of halogens is 1. The van der Waals surface area contributed by atoms with Gasteiger partial charge in [-0.2, -0.15) is 0 Å². The number of primary amides is 1. The SMILES string of the molecule is CCCN1CCC(NC(=NC)NCc2cccnc2N2CCCC(C(N)=O)C2)CC1.I. The Kier molecular flexibility index (Phi) is 10.8. The van der Waals surface area contributed by atoms with Crippen LogP contribution in [-0.4, -0.2) is 67.6 Å². The van der Waals surface area contributed by atoms with E-state index in [0.717, 1.165) is 62.7 Å². The number of nitrogens with two attached hydrogens (primary N) is 1. The lowest BCUT2D eigenvalue weighted by Gasteiger charge is -2.34. The Morgan fingerprint density at radius 3 is 2.74 bits per heavy atom. The first-order valence-electron chi connectivity index (χ1n) is 11.3. The second-order valence-electron chi connectivity index (χ2n) is 8.36. The molecule has 0 bridgehead atoms. The van der Waals surface area contributed by atoms with E-state index in [1.54, 1.807) is 0 Å². The average Bonchev–Trinajstić information content (AvgIpc) is 2.78. The van der Waals surface area contributed by atoms with Crippen LogP contribution in [0.15, 0.2) is 23.3 Å². The van der Waals surface area contributed by atoms with Gasteiger partial charge in [0.15, 0.2) is 5.96 Å². The first-order valence-corrected chi connectivity index (χ1v) is 11.3. The summed E-state index contributed by atoms with van der Waals surface area (Å²) >= 11 is 0. The molecule has 174 valence electrons. The number of piperidine rings is 2. The number of carbonyl (C=O) groups excluding carboxylic acids is 1. The maximum atomic E-state index is 11.7. The van der Waals surface area contributed by atoms with E-state index in [9.17, 15) is 4.79 Å². The van der Waals surface area contributed by atoms with E-state index in [2.05, 4.69) is 43.4 Å². The largest absolute Gasteiger partial charge is 0.369 e. The number of carbonyl (C=O) groups is 1. The fourth-order valence-electron chi connectivity index (χ4n) is 4.44. The summed E-state index contributed by atoms with van der Waals surface area (Å²) in [4.78, 5) is 25.4. The average molecular weight is 543 g/mol. The second kappa shape index (κ2) is 13.0. The maximum Gasteiger partial charge on any atom is 0.222 e. The summed E-state index contributed by atoms with van der Waals surface area (Å²) < 4.78 is 0. The van der Waals surface area contributed by atoms with Gasteiger partial charge in [-0.1, -0.05) is 13.0 Å². The predicted octanol–water partition coefficient (Wildman–Crippen LogP) is 1.94. The van der Waals surface area contributed by atoms with Gasteiger partial charge < -0.3 is 26.2 Å². The highest BCUT2D eigenvalue weighted by molar-refractivity contribution is 14.0. The first kappa shape index (κ1) is 25.6. The van der Waals surface area contributed by atoms with Crippen molar-refractivity contribution < 1.29 is 4.79 Å². The molecule has 0 radical (unpaired) electrons. The van der Waals surface area contributed by atoms with Crippen molar-refractivity contribution in [2.45, 2.75) is 51.6 Å². The Bertz CT molecular complexity index is 722. The normalized spacial score (nSPS) is 20.8. The van der Waals surface area contributed by atoms with Crippen molar-refractivity contribution in [2.24, 2.45) is 16.6 Å². The molecular weight excluding hydrogens is 505 g/mol. The van der Waals surface area contributed by atoms with Crippen molar-refractivity contribution >= 4 is 41.7 Å². The van der Waals surface area contributed by atoms with E-state index in [-0.39, 0.29) is 35.8 Å². The van der Waals surface area contributed by atoms with Gasteiger partial charge >= 0.3 is 0 Å². The van der Waals surface area contributed by atoms with Crippen molar-refractivity contribution in [1.29, 1.82) is 0 Å². The molecule has 0 saturated carbocycles. The number of amides is 1. The van der Waals surface area contributed by atoms with E-state index in [1.807, 2.05) is 19.3 Å². The lowest BCUT2D eigenvalue weighted by Crippen LogP contribution is -2.48. The van der Waals surface area contributed by atoms with E-state index in [4.69, 9.17) is 5.73 Å².